The van der Waals surface area contributed by atoms with Crippen molar-refractivity contribution in [1.82, 2.24) is 9.97 Å². The summed E-state index contributed by atoms with van der Waals surface area (Å²) in [5.41, 5.74) is -0.939. The van der Waals surface area contributed by atoms with Gasteiger partial charge in [0.1, 0.15) is 11.4 Å². The molecule has 1 aromatic heterocycles. The summed E-state index contributed by atoms with van der Waals surface area (Å²) in [6, 6.07) is 0. The minimum absolute atomic E-state index is 0.408. The fraction of sp³-hybridized carbons (Fsp3) is 0.667. The van der Waals surface area contributed by atoms with Crippen molar-refractivity contribution in [3.05, 3.63) is 12.4 Å². The van der Waals surface area contributed by atoms with Crippen LogP contribution in [-0.2, 0) is 4.79 Å². The number of ether oxygens (including phenoxy) is 1. The van der Waals surface area contributed by atoms with Gasteiger partial charge in [0.05, 0.1) is 19.0 Å². The van der Waals surface area contributed by atoms with Crippen molar-refractivity contribution in [2.45, 2.75) is 51.5 Å². The highest BCUT2D eigenvalue weighted by atomic mass is 16.5. The van der Waals surface area contributed by atoms with Gasteiger partial charge < -0.3 is 15.2 Å². The zero-order valence-corrected chi connectivity index (χ0v) is 12.6. The molecule has 1 saturated carbocycles. The van der Waals surface area contributed by atoms with Crippen molar-refractivity contribution >= 4 is 11.8 Å². The molecular formula is C15H23N3O3. The molecule has 0 aromatic carbocycles. The smallest absolute Gasteiger partial charge is 0.329 e. The molecule has 0 aliphatic heterocycles. The van der Waals surface area contributed by atoms with E-state index in [1.165, 1.54) is 6.20 Å². The lowest BCUT2D eigenvalue weighted by Crippen LogP contribution is -2.49. The molecule has 0 saturated heterocycles. The Morgan fingerprint density at radius 3 is 2.71 bits per heavy atom. The van der Waals surface area contributed by atoms with Crippen molar-refractivity contribution in [2.24, 2.45) is 5.92 Å². The van der Waals surface area contributed by atoms with Gasteiger partial charge in [-0.25, -0.2) is 4.79 Å². The molecule has 0 atom stereocenters. The third-order valence-corrected chi connectivity index (χ3v) is 4.22. The van der Waals surface area contributed by atoms with Crippen LogP contribution in [0.25, 0.3) is 0 Å². The standard InChI is InChI=1S/C15H23N3O3/c1-3-11-5-7-15(8-6-11,14(19)20)18-12-9-16-10-13(17-12)21-4-2/h9-11H,3-8H2,1-2H3,(H,17,18)(H,19,20). The summed E-state index contributed by atoms with van der Waals surface area (Å²) in [6.45, 7) is 4.52. The molecular weight excluding hydrogens is 270 g/mol. The van der Waals surface area contributed by atoms with Gasteiger partial charge in [0.15, 0.2) is 0 Å². The molecule has 116 valence electrons. The van der Waals surface area contributed by atoms with Crippen molar-refractivity contribution < 1.29 is 14.6 Å². The van der Waals surface area contributed by atoms with Crippen LogP contribution in [-0.4, -0.2) is 33.2 Å². The summed E-state index contributed by atoms with van der Waals surface area (Å²) in [5.74, 6) is 0.671. The molecule has 1 aliphatic carbocycles. The van der Waals surface area contributed by atoms with E-state index >= 15 is 0 Å². The minimum Gasteiger partial charge on any atom is -0.480 e. The van der Waals surface area contributed by atoms with Crippen LogP contribution < -0.4 is 10.1 Å². The molecule has 1 heterocycles. The largest absolute Gasteiger partial charge is 0.480 e. The molecule has 0 bridgehead atoms. The second kappa shape index (κ2) is 6.74. The average molecular weight is 293 g/mol. The SMILES string of the molecule is CCOc1cncc(NC2(C(=O)O)CCC(CC)CC2)n1. The first-order chi connectivity index (χ1) is 10.1. The van der Waals surface area contributed by atoms with E-state index in [9.17, 15) is 9.90 Å². The maximum atomic E-state index is 11.7. The second-order valence-corrected chi connectivity index (χ2v) is 5.54. The first kappa shape index (κ1) is 15.5. The van der Waals surface area contributed by atoms with Gasteiger partial charge in [-0.3, -0.25) is 4.98 Å². The molecule has 2 rings (SSSR count). The monoisotopic (exact) mass is 293 g/mol. The van der Waals surface area contributed by atoms with Gasteiger partial charge in [0, 0.05) is 0 Å². The Kier molecular flexibility index (Phi) is 4.98. The van der Waals surface area contributed by atoms with Crippen LogP contribution in [0.15, 0.2) is 12.4 Å². The molecule has 6 heteroatoms. The molecule has 2 N–H and O–H groups in total. The number of rotatable bonds is 6. The summed E-state index contributed by atoms with van der Waals surface area (Å²) in [6.07, 6.45) is 7.25. The van der Waals surface area contributed by atoms with Crippen LogP contribution in [0, 0.1) is 5.92 Å². The topological polar surface area (TPSA) is 84.3 Å². The van der Waals surface area contributed by atoms with Crippen molar-refractivity contribution in [3.8, 4) is 5.88 Å². The fourth-order valence-electron chi connectivity index (χ4n) is 2.84. The summed E-state index contributed by atoms with van der Waals surface area (Å²) < 4.78 is 5.30. The van der Waals surface area contributed by atoms with Crippen LogP contribution in [0.5, 0.6) is 5.88 Å². The van der Waals surface area contributed by atoms with Crippen LogP contribution in [0.3, 0.4) is 0 Å². The van der Waals surface area contributed by atoms with Gasteiger partial charge in [-0.05, 0) is 38.5 Å². The zero-order chi connectivity index (χ0) is 15.3. The van der Waals surface area contributed by atoms with Gasteiger partial charge in [-0.1, -0.05) is 13.3 Å². The lowest BCUT2D eigenvalue weighted by atomic mass is 9.75. The first-order valence-corrected chi connectivity index (χ1v) is 7.56. The van der Waals surface area contributed by atoms with Crippen LogP contribution in [0.2, 0.25) is 0 Å². The quantitative estimate of drug-likeness (QED) is 0.839. The Balaban J connectivity index is 2.13. The predicted octanol–water partition coefficient (Wildman–Crippen LogP) is 2.71. The lowest BCUT2D eigenvalue weighted by molar-refractivity contribution is -0.143. The van der Waals surface area contributed by atoms with E-state index < -0.39 is 11.5 Å². The molecule has 1 aliphatic rings. The van der Waals surface area contributed by atoms with Gasteiger partial charge in [-0.15, -0.1) is 0 Å². The van der Waals surface area contributed by atoms with Crippen molar-refractivity contribution in [1.29, 1.82) is 0 Å². The highest BCUT2D eigenvalue weighted by Crippen LogP contribution is 2.36. The van der Waals surface area contributed by atoms with Gasteiger partial charge in [0.25, 0.3) is 0 Å². The zero-order valence-electron chi connectivity index (χ0n) is 12.6. The third-order valence-electron chi connectivity index (χ3n) is 4.22. The van der Waals surface area contributed by atoms with E-state index in [4.69, 9.17) is 4.74 Å². The molecule has 1 fully saturated rings. The Labute approximate surface area is 124 Å². The van der Waals surface area contributed by atoms with E-state index in [-0.39, 0.29) is 0 Å². The fourth-order valence-corrected chi connectivity index (χ4v) is 2.84. The van der Waals surface area contributed by atoms with E-state index in [0.29, 0.717) is 37.1 Å². The predicted molar refractivity (Wildman–Crippen MR) is 79.4 cm³/mol. The van der Waals surface area contributed by atoms with E-state index in [2.05, 4.69) is 22.2 Å². The molecule has 0 unspecified atom stereocenters. The van der Waals surface area contributed by atoms with Gasteiger partial charge in [-0.2, -0.15) is 4.98 Å². The number of aromatic nitrogens is 2. The van der Waals surface area contributed by atoms with Gasteiger partial charge in [0.2, 0.25) is 5.88 Å². The van der Waals surface area contributed by atoms with Crippen LogP contribution in [0.4, 0.5) is 5.82 Å². The number of carboxylic acids is 1. The molecule has 1 aromatic rings. The number of aliphatic carboxylic acids is 1. The van der Waals surface area contributed by atoms with Gasteiger partial charge >= 0.3 is 5.97 Å². The Bertz CT molecular complexity index is 485. The Morgan fingerprint density at radius 1 is 1.43 bits per heavy atom. The minimum atomic E-state index is -0.939. The number of carboxylic acid groups (broad SMARTS) is 1. The highest BCUT2D eigenvalue weighted by molar-refractivity contribution is 5.82. The van der Waals surface area contributed by atoms with Crippen LogP contribution >= 0.6 is 0 Å². The van der Waals surface area contributed by atoms with E-state index in [1.807, 2.05) is 6.92 Å². The maximum Gasteiger partial charge on any atom is 0.329 e. The first-order valence-electron chi connectivity index (χ1n) is 7.56. The summed E-state index contributed by atoms with van der Waals surface area (Å²) in [5, 5.41) is 12.7. The molecule has 6 nitrogen and oxygen atoms in total. The normalized spacial score (nSPS) is 25.3. The number of hydrogen-bond donors (Lipinski definition) is 2. The van der Waals surface area contributed by atoms with Crippen molar-refractivity contribution in [2.75, 3.05) is 11.9 Å². The molecule has 21 heavy (non-hydrogen) atoms. The molecule has 0 amide bonds. The van der Waals surface area contributed by atoms with E-state index in [1.54, 1.807) is 6.20 Å². The summed E-state index contributed by atoms with van der Waals surface area (Å²) in [4.78, 5) is 20.1. The number of hydrogen-bond acceptors (Lipinski definition) is 5. The van der Waals surface area contributed by atoms with Crippen LogP contribution in [0.1, 0.15) is 46.0 Å². The number of anilines is 1. The molecule has 0 spiro atoms. The maximum absolute atomic E-state index is 11.7. The molecule has 0 radical (unpaired) electrons. The Hall–Kier alpha value is -1.85. The summed E-state index contributed by atoms with van der Waals surface area (Å²) in [7, 11) is 0. The number of carbonyl (C=O) groups is 1. The second-order valence-electron chi connectivity index (χ2n) is 5.54. The average Bonchev–Trinajstić information content (AvgIpc) is 2.48. The van der Waals surface area contributed by atoms with E-state index in [0.717, 1.165) is 19.3 Å². The summed E-state index contributed by atoms with van der Waals surface area (Å²) >= 11 is 0. The third kappa shape index (κ3) is 3.62. The Morgan fingerprint density at radius 2 is 2.14 bits per heavy atom. The highest BCUT2D eigenvalue weighted by Gasteiger charge is 2.42. The van der Waals surface area contributed by atoms with Crippen molar-refractivity contribution in [3.63, 3.8) is 0 Å². The lowest BCUT2D eigenvalue weighted by Gasteiger charge is -2.37. The number of nitrogens with zero attached hydrogens (tertiary/aromatic N) is 2. The number of nitrogens with one attached hydrogen (secondary N) is 1.